The van der Waals surface area contributed by atoms with Crippen LogP contribution in [0.3, 0.4) is 0 Å². The molecular formula is C44H47N7O2. The van der Waals surface area contributed by atoms with Crippen LogP contribution in [-0.4, -0.2) is 33.7 Å². The number of amides is 1. The fourth-order valence-electron chi connectivity index (χ4n) is 5.92. The minimum atomic E-state index is -0.612. The van der Waals surface area contributed by atoms with Gasteiger partial charge >= 0.3 is 6.09 Å². The Labute approximate surface area is 312 Å². The quantitative estimate of drug-likeness (QED) is 0.116. The van der Waals surface area contributed by atoms with Crippen LogP contribution in [0.1, 0.15) is 49.4 Å². The van der Waals surface area contributed by atoms with Gasteiger partial charge in [0, 0.05) is 37.7 Å². The van der Waals surface area contributed by atoms with Crippen molar-refractivity contribution in [3.8, 4) is 0 Å². The minimum absolute atomic E-state index is 0.437. The number of pyridine rings is 1. The zero-order valence-electron chi connectivity index (χ0n) is 30.9. The van der Waals surface area contributed by atoms with E-state index in [4.69, 9.17) is 19.7 Å². The smallest absolute Gasteiger partial charge is 0.414 e. The van der Waals surface area contributed by atoms with E-state index < -0.39 is 11.7 Å². The molecule has 0 bridgehead atoms. The molecule has 0 fully saturated rings. The highest BCUT2D eigenvalue weighted by atomic mass is 16.6. The molecule has 0 aliphatic carbocycles. The molecule has 0 aliphatic heterocycles. The molecular weight excluding hydrogens is 659 g/mol. The standard InChI is InChI=1S/C44H47N7O2/c1-44(2,3)53-43(52)50(4)38-25-15-24-37(28-38)48-41-40(49-39-27-26-34(29-45-39)23-14-22-33-16-8-5-9-17-33)42(47-32-46-41)51(30-35-18-10-6-11-19-35)31-36-20-12-7-13-21-36/h5-13,15-21,24-29,32H,14,22-23,30-31H2,1-4H3,(H,45,49)(H,46,47,48). The summed E-state index contributed by atoms with van der Waals surface area (Å²) in [6, 6.07) is 43.0. The second-order valence-corrected chi connectivity index (χ2v) is 14.0. The highest BCUT2D eigenvalue weighted by molar-refractivity contribution is 5.89. The summed E-state index contributed by atoms with van der Waals surface area (Å²) in [5.74, 6) is 1.95. The van der Waals surface area contributed by atoms with Crippen molar-refractivity contribution in [2.24, 2.45) is 0 Å². The third-order valence-electron chi connectivity index (χ3n) is 8.57. The molecule has 0 aliphatic rings. The third kappa shape index (κ3) is 10.6. The molecule has 0 saturated heterocycles. The Kier molecular flexibility index (Phi) is 12.0. The van der Waals surface area contributed by atoms with Gasteiger partial charge in [-0.25, -0.2) is 19.7 Å². The molecule has 9 nitrogen and oxygen atoms in total. The zero-order chi connectivity index (χ0) is 37.0. The molecule has 0 radical (unpaired) electrons. The normalized spacial score (nSPS) is 11.1. The van der Waals surface area contributed by atoms with Gasteiger partial charge in [0.25, 0.3) is 0 Å². The topological polar surface area (TPSA) is 95.5 Å². The summed E-state index contributed by atoms with van der Waals surface area (Å²) in [7, 11) is 1.70. The zero-order valence-corrected chi connectivity index (χ0v) is 30.9. The lowest BCUT2D eigenvalue weighted by molar-refractivity contribution is 0.0589. The molecule has 0 saturated carbocycles. The van der Waals surface area contributed by atoms with Gasteiger partial charge in [0.1, 0.15) is 23.4 Å². The number of hydrogen-bond acceptors (Lipinski definition) is 8. The molecule has 6 rings (SSSR count). The molecule has 2 N–H and O–H groups in total. The fourth-order valence-corrected chi connectivity index (χ4v) is 5.92. The molecule has 0 spiro atoms. The number of aryl methyl sites for hydroxylation is 2. The number of nitrogens with one attached hydrogen (secondary N) is 2. The SMILES string of the molecule is CN(C(=O)OC(C)(C)C)c1cccc(Nc2ncnc(N(Cc3ccccc3)Cc3ccccc3)c2Nc2ccc(CCCc3ccccc3)cn2)c1. The van der Waals surface area contributed by atoms with Gasteiger partial charge in [-0.3, -0.25) is 4.90 Å². The van der Waals surface area contributed by atoms with Crippen LogP contribution in [0.15, 0.2) is 140 Å². The summed E-state index contributed by atoms with van der Waals surface area (Å²) in [5, 5.41) is 7.09. The summed E-state index contributed by atoms with van der Waals surface area (Å²) in [4.78, 5) is 31.1. The van der Waals surface area contributed by atoms with Crippen molar-refractivity contribution in [3.63, 3.8) is 0 Å². The van der Waals surface area contributed by atoms with Crippen molar-refractivity contribution in [1.82, 2.24) is 15.0 Å². The largest absolute Gasteiger partial charge is 0.443 e. The van der Waals surface area contributed by atoms with Gasteiger partial charge in [0.15, 0.2) is 11.6 Å². The summed E-state index contributed by atoms with van der Waals surface area (Å²) >= 11 is 0. The van der Waals surface area contributed by atoms with Crippen LogP contribution in [0.25, 0.3) is 0 Å². The van der Waals surface area contributed by atoms with E-state index in [2.05, 4.69) is 94.4 Å². The number of nitrogens with zero attached hydrogens (tertiary/aromatic N) is 5. The molecule has 9 heteroatoms. The number of carbonyl (C=O) groups excluding carboxylic acids is 1. The minimum Gasteiger partial charge on any atom is -0.443 e. The van der Waals surface area contributed by atoms with Crippen LogP contribution in [0.2, 0.25) is 0 Å². The predicted molar refractivity (Wildman–Crippen MR) is 215 cm³/mol. The van der Waals surface area contributed by atoms with E-state index in [1.807, 2.05) is 75.5 Å². The van der Waals surface area contributed by atoms with Crippen LogP contribution >= 0.6 is 0 Å². The number of aromatic nitrogens is 3. The molecule has 1 amide bonds. The second-order valence-electron chi connectivity index (χ2n) is 14.0. The van der Waals surface area contributed by atoms with Crippen molar-refractivity contribution in [1.29, 1.82) is 0 Å². The fraction of sp³-hybridized carbons (Fsp3) is 0.227. The average molecular weight is 706 g/mol. The summed E-state index contributed by atoms with van der Waals surface area (Å²) in [5.41, 5.74) is 6.30. The van der Waals surface area contributed by atoms with Crippen molar-refractivity contribution in [2.45, 2.75) is 58.7 Å². The number of ether oxygens (including phenoxy) is 1. The van der Waals surface area contributed by atoms with E-state index in [0.717, 1.165) is 36.1 Å². The Morgan fingerprint density at radius 1 is 0.679 bits per heavy atom. The lowest BCUT2D eigenvalue weighted by Crippen LogP contribution is -2.34. The van der Waals surface area contributed by atoms with Crippen molar-refractivity contribution >= 4 is 40.6 Å². The van der Waals surface area contributed by atoms with Gasteiger partial charge in [-0.1, -0.05) is 103 Å². The molecule has 2 heterocycles. The molecule has 4 aromatic carbocycles. The Morgan fingerprint density at radius 2 is 1.30 bits per heavy atom. The van der Waals surface area contributed by atoms with Gasteiger partial charge in [-0.15, -0.1) is 0 Å². The van der Waals surface area contributed by atoms with Crippen molar-refractivity contribution in [3.05, 3.63) is 162 Å². The molecule has 6 aromatic rings. The molecule has 270 valence electrons. The van der Waals surface area contributed by atoms with Gasteiger partial charge < -0.3 is 20.3 Å². The van der Waals surface area contributed by atoms with E-state index in [-0.39, 0.29) is 0 Å². The van der Waals surface area contributed by atoms with Crippen molar-refractivity contribution in [2.75, 3.05) is 27.5 Å². The van der Waals surface area contributed by atoms with Crippen LogP contribution in [0, 0.1) is 0 Å². The van der Waals surface area contributed by atoms with Crippen molar-refractivity contribution < 1.29 is 9.53 Å². The van der Waals surface area contributed by atoms with E-state index in [1.54, 1.807) is 13.4 Å². The first kappa shape index (κ1) is 36.6. The Bertz CT molecular complexity index is 2010. The van der Waals surface area contributed by atoms with Crippen LogP contribution < -0.4 is 20.4 Å². The maximum Gasteiger partial charge on any atom is 0.414 e. The predicted octanol–water partition coefficient (Wildman–Crippen LogP) is 10.1. The highest BCUT2D eigenvalue weighted by Crippen LogP contribution is 2.36. The number of rotatable bonds is 14. The lowest BCUT2D eigenvalue weighted by Gasteiger charge is -2.27. The number of anilines is 6. The van der Waals surface area contributed by atoms with Crippen LogP contribution in [-0.2, 0) is 30.7 Å². The first-order valence-electron chi connectivity index (χ1n) is 18.0. The maximum absolute atomic E-state index is 12.9. The monoisotopic (exact) mass is 705 g/mol. The molecule has 2 aromatic heterocycles. The Morgan fingerprint density at radius 3 is 1.91 bits per heavy atom. The Hall–Kier alpha value is -6.22. The summed E-state index contributed by atoms with van der Waals surface area (Å²) in [6.07, 6.45) is 6.07. The summed E-state index contributed by atoms with van der Waals surface area (Å²) in [6.45, 7) is 6.79. The molecule has 0 atom stereocenters. The Balaban J connectivity index is 1.32. The summed E-state index contributed by atoms with van der Waals surface area (Å²) < 4.78 is 5.61. The third-order valence-corrected chi connectivity index (χ3v) is 8.57. The first-order valence-corrected chi connectivity index (χ1v) is 18.0. The van der Waals surface area contributed by atoms with Gasteiger partial charge in [0.2, 0.25) is 0 Å². The highest BCUT2D eigenvalue weighted by Gasteiger charge is 2.22. The lowest BCUT2D eigenvalue weighted by atomic mass is 10.1. The first-order chi connectivity index (χ1) is 25.7. The average Bonchev–Trinajstić information content (AvgIpc) is 3.16. The number of carbonyl (C=O) groups is 1. The van der Waals surface area contributed by atoms with E-state index in [9.17, 15) is 4.79 Å². The van der Waals surface area contributed by atoms with E-state index in [0.29, 0.717) is 41.9 Å². The van der Waals surface area contributed by atoms with Crippen LogP contribution in [0.5, 0.6) is 0 Å². The second kappa shape index (κ2) is 17.3. The van der Waals surface area contributed by atoms with Gasteiger partial charge in [-0.2, -0.15) is 0 Å². The molecule has 53 heavy (non-hydrogen) atoms. The maximum atomic E-state index is 12.9. The number of hydrogen-bond donors (Lipinski definition) is 2. The van der Waals surface area contributed by atoms with Gasteiger partial charge in [0.05, 0.1) is 0 Å². The number of benzene rings is 4. The van der Waals surface area contributed by atoms with E-state index in [1.165, 1.54) is 16.0 Å². The van der Waals surface area contributed by atoms with E-state index >= 15 is 0 Å². The van der Waals surface area contributed by atoms with Gasteiger partial charge in [-0.05, 0) is 86.6 Å². The van der Waals surface area contributed by atoms with Crippen LogP contribution in [0.4, 0.5) is 39.3 Å². The molecule has 0 unspecified atom stereocenters.